The van der Waals surface area contributed by atoms with Gasteiger partial charge < -0.3 is 10.2 Å². The van der Waals surface area contributed by atoms with E-state index < -0.39 is 0 Å². The zero-order valence-corrected chi connectivity index (χ0v) is 14.4. The molecule has 0 saturated carbocycles. The second kappa shape index (κ2) is 11.0. The predicted octanol–water partition coefficient (Wildman–Crippen LogP) is 2.49. The highest BCUT2D eigenvalue weighted by Crippen LogP contribution is 2.11. The van der Waals surface area contributed by atoms with E-state index in [0.29, 0.717) is 0 Å². The third-order valence-corrected chi connectivity index (χ3v) is 4.38. The minimum atomic E-state index is 0.0401. The Morgan fingerprint density at radius 2 is 1.71 bits per heavy atom. The maximum absolute atomic E-state index is 12.2. The van der Waals surface area contributed by atoms with Crippen LogP contribution in [0.15, 0.2) is 0 Å². The van der Waals surface area contributed by atoms with Crippen LogP contribution in [0.1, 0.15) is 58.3 Å². The molecular formula is C17H35N3O. The molecule has 1 unspecified atom stereocenters. The van der Waals surface area contributed by atoms with Crippen LogP contribution in [-0.4, -0.2) is 62.0 Å². The average molecular weight is 297 g/mol. The van der Waals surface area contributed by atoms with Gasteiger partial charge in [-0.2, -0.15) is 0 Å². The molecule has 0 aromatic carbocycles. The van der Waals surface area contributed by atoms with E-state index in [1.807, 2.05) is 14.1 Å². The van der Waals surface area contributed by atoms with Crippen LogP contribution >= 0.6 is 0 Å². The van der Waals surface area contributed by atoms with Gasteiger partial charge >= 0.3 is 0 Å². The van der Waals surface area contributed by atoms with Gasteiger partial charge in [0.1, 0.15) is 6.04 Å². The number of rotatable bonds is 10. The molecule has 1 saturated heterocycles. The van der Waals surface area contributed by atoms with Gasteiger partial charge in [-0.3, -0.25) is 9.69 Å². The number of hydrogen-bond donors (Lipinski definition) is 1. The predicted molar refractivity (Wildman–Crippen MR) is 89.5 cm³/mol. The van der Waals surface area contributed by atoms with Crippen molar-refractivity contribution in [1.29, 1.82) is 0 Å². The summed E-state index contributed by atoms with van der Waals surface area (Å²) in [5.74, 6) is 0.238. The Labute approximate surface area is 131 Å². The van der Waals surface area contributed by atoms with Gasteiger partial charge in [-0.1, -0.05) is 51.9 Å². The molecule has 1 aliphatic rings. The molecule has 0 bridgehead atoms. The lowest BCUT2D eigenvalue weighted by Crippen LogP contribution is -2.57. The summed E-state index contributed by atoms with van der Waals surface area (Å²) in [6.07, 6.45) is 10.8. The minimum Gasteiger partial charge on any atom is -0.347 e. The molecule has 0 aromatic rings. The molecule has 1 fully saturated rings. The van der Waals surface area contributed by atoms with E-state index in [1.54, 1.807) is 4.90 Å². The van der Waals surface area contributed by atoms with Crippen LogP contribution in [-0.2, 0) is 4.79 Å². The van der Waals surface area contributed by atoms with E-state index in [1.165, 1.54) is 51.4 Å². The minimum absolute atomic E-state index is 0.0401. The van der Waals surface area contributed by atoms with Gasteiger partial charge in [-0.15, -0.1) is 0 Å². The molecule has 21 heavy (non-hydrogen) atoms. The topological polar surface area (TPSA) is 35.6 Å². The van der Waals surface area contributed by atoms with E-state index in [4.69, 9.17) is 0 Å². The number of amides is 1. The first-order valence-electron chi connectivity index (χ1n) is 8.82. The number of carbonyl (C=O) groups is 1. The summed E-state index contributed by atoms with van der Waals surface area (Å²) >= 11 is 0. The molecule has 4 heteroatoms. The lowest BCUT2D eigenvalue weighted by atomic mass is 10.1. The molecule has 1 rings (SSSR count). The van der Waals surface area contributed by atoms with E-state index in [0.717, 1.165) is 26.2 Å². The van der Waals surface area contributed by atoms with Crippen LogP contribution in [0, 0.1) is 0 Å². The average Bonchev–Trinajstić information content (AvgIpc) is 2.49. The molecule has 0 aromatic heterocycles. The molecule has 0 radical (unpaired) electrons. The van der Waals surface area contributed by atoms with Crippen molar-refractivity contribution < 1.29 is 4.79 Å². The van der Waals surface area contributed by atoms with Gasteiger partial charge in [0.2, 0.25) is 5.91 Å². The summed E-state index contributed by atoms with van der Waals surface area (Å²) in [5, 5.41) is 3.34. The Bertz CT molecular complexity index is 281. The summed E-state index contributed by atoms with van der Waals surface area (Å²) in [6, 6.07) is 0.0401. The molecule has 4 nitrogen and oxygen atoms in total. The fourth-order valence-electron chi connectivity index (χ4n) is 3.00. The number of nitrogens with zero attached hydrogens (tertiary/aromatic N) is 2. The van der Waals surface area contributed by atoms with Gasteiger partial charge in [0.15, 0.2) is 0 Å². The van der Waals surface area contributed by atoms with Crippen LogP contribution in [0.2, 0.25) is 0 Å². The summed E-state index contributed by atoms with van der Waals surface area (Å²) in [7, 11) is 3.71. The largest absolute Gasteiger partial charge is 0.347 e. The second-order valence-corrected chi connectivity index (χ2v) is 6.46. The summed E-state index contributed by atoms with van der Waals surface area (Å²) < 4.78 is 0. The maximum atomic E-state index is 12.2. The third kappa shape index (κ3) is 7.28. The molecule has 1 atom stereocenters. The van der Waals surface area contributed by atoms with Crippen LogP contribution in [0.25, 0.3) is 0 Å². The fourth-order valence-corrected chi connectivity index (χ4v) is 3.00. The Kier molecular flexibility index (Phi) is 9.68. The number of carbonyl (C=O) groups excluding carboxylic acids is 1. The number of piperazine rings is 1. The molecule has 0 spiro atoms. The van der Waals surface area contributed by atoms with Gasteiger partial charge in [-0.25, -0.2) is 0 Å². The summed E-state index contributed by atoms with van der Waals surface area (Å²) in [5.41, 5.74) is 0. The highest BCUT2D eigenvalue weighted by Gasteiger charge is 2.28. The van der Waals surface area contributed by atoms with Crippen molar-refractivity contribution in [3.63, 3.8) is 0 Å². The van der Waals surface area contributed by atoms with Crippen molar-refractivity contribution >= 4 is 5.91 Å². The van der Waals surface area contributed by atoms with Crippen LogP contribution < -0.4 is 5.32 Å². The van der Waals surface area contributed by atoms with E-state index in [2.05, 4.69) is 17.1 Å². The first-order valence-corrected chi connectivity index (χ1v) is 8.82. The standard InChI is InChI=1S/C17H35N3O/c1-4-5-6-7-8-9-10-11-13-20-14-12-18-15-16(20)17(21)19(2)3/h16,18H,4-15H2,1-3H3. The van der Waals surface area contributed by atoms with Crippen molar-refractivity contribution in [3.8, 4) is 0 Å². The number of likely N-dealkylation sites (N-methyl/N-ethyl adjacent to an activating group) is 1. The number of unbranched alkanes of at least 4 members (excludes halogenated alkanes) is 7. The van der Waals surface area contributed by atoms with Gasteiger partial charge in [-0.05, 0) is 13.0 Å². The highest BCUT2D eigenvalue weighted by molar-refractivity contribution is 5.81. The monoisotopic (exact) mass is 297 g/mol. The number of nitrogens with one attached hydrogen (secondary N) is 1. The first kappa shape index (κ1) is 18.4. The summed E-state index contributed by atoms with van der Waals surface area (Å²) in [4.78, 5) is 16.3. The smallest absolute Gasteiger partial charge is 0.240 e. The quantitative estimate of drug-likeness (QED) is 0.629. The van der Waals surface area contributed by atoms with Gasteiger partial charge in [0, 0.05) is 33.7 Å². The zero-order chi connectivity index (χ0) is 15.5. The molecule has 1 heterocycles. The van der Waals surface area contributed by atoms with Crippen LogP contribution in [0.3, 0.4) is 0 Å². The lowest BCUT2D eigenvalue weighted by molar-refractivity contribution is -0.135. The lowest BCUT2D eigenvalue weighted by Gasteiger charge is -2.36. The molecule has 124 valence electrons. The van der Waals surface area contributed by atoms with Crippen molar-refractivity contribution in [1.82, 2.24) is 15.1 Å². The van der Waals surface area contributed by atoms with Crippen molar-refractivity contribution in [2.24, 2.45) is 0 Å². The van der Waals surface area contributed by atoms with E-state index >= 15 is 0 Å². The van der Waals surface area contributed by atoms with Crippen molar-refractivity contribution in [2.45, 2.75) is 64.3 Å². The van der Waals surface area contributed by atoms with Gasteiger partial charge in [0.05, 0.1) is 0 Å². The van der Waals surface area contributed by atoms with Crippen LogP contribution in [0.5, 0.6) is 0 Å². The third-order valence-electron chi connectivity index (χ3n) is 4.38. The van der Waals surface area contributed by atoms with E-state index in [9.17, 15) is 4.79 Å². The molecule has 1 aliphatic heterocycles. The summed E-state index contributed by atoms with van der Waals surface area (Å²) in [6.45, 7) is 6.14. The molecule has 0 aliphatic carbocycles. The normalized spacial score (nSPS) is 19.7. The Hall–Kier alpha value is -0.610. The van der Waals surface area contributed by atoms with Crippen molar-refractivity contribution in [2.75, 3.05) is 40.3 Å². The van der Waals surface area contributed by atoms with Crippen molar-refractivity contribution in [3.05, 3.63) is 0 Å². The Morgan fingerprint density at radius 3 is 2.33 bits per heavy atom. The SMILES string of the molecule is CCCCCCCCCCN1CCNCC1C(=O)N(C)C. The zero-order valence-electron chi connectivity index (χ0n) is 14.4. The fraction of sp³-hybridized carbons (Fsp3) is 0.941. The molecule has 1 N–H and O–H groups in total. The Morgan fingerprint density at radius 1 is 1.10 bits per heavy atom. The van der Waals surface area contributed by atoms with E-state index in [-0.39, 0.29) is 11.9 Å². The van der Waals surface area contributed by atoms with Gasteiger partial charge in [0.25, 0.3) is 0 Å². The second-order valence-electron chi connectivity index (χ2n) is 6.46. The number of hydrogen-bond acceptors (Lipinski definition) is 3. The maximum Gasteiger partial charge on any atom is 0.240 e. The van der Waals surface area contributed by atoms with Crippen LogP contribution in [0.4, 0.5) is 0 Å². The molecular weight excluding hydrogens is 262 g/mol. The highest BCUT2D eigenvalue weighted by atomic mass is 16.2. The first-order chi connectivity index (χ1) is 10.2. The molecule has 1 amide bonds. The Balaban J connectivity index is 2.15.